The van der Waals surface area contributed by atoms with Gasteiger partial charge in [-0.1, -0.05) is 10.2 Å². The van der Waals surface area contributed by atoms with E-state index in [-0.39, 0.29) is 0 Å². The third-order valence-corrected chi connectivity index (χ3v) is 2.15. The number of anilines is 1. The van der Waals surface area contributed by atoms with Crippen molar-refractivity contribution in [3.63, 3.8) is 0 Å². The summed E-state index contributed by atoms with van der Waals surface area (Å²) in [6.07, 6.45) is 6.47. The Balaban J connectivity index is 0.000000378. The van der Waals surface area contributed by atoms with Gasteiger partial charge in [0.25, 0.3) is 0 Å². The van der Waals surface area contributed by atoms with E-state index in [1.165, 1.54) is 0 Å². The third-order valence-electron chi connectivity index (χ3n) is 1.95. The molecule has 0 saturated carbocycles. The van der Waals surface area contributed by atoms with Crippen LogP contribution < -0.4 is 11.1 Å². The minimum Gasteiger partial charge on any atom is -0.354 e. The molecule has 0 atom stereocenters. The fourth-order valence-corrected chi connectivity index (χ4v) is 1.15. The number of nitrogens with two attached hydrogens (primary N) is 1. The lowest BCUT2D eigenvalue weighted by atomic mass is 10.6. The number of hydrogen-bond donors (Lipinski definition) is 2. The monoisotopic (exact) mass is 364 g/mol. The second kappa shape index (κ2) is 17.2. The molecule has 2 aromatic heterocycles. The van der Waals surface area contributed by atoms with Gasteiger partial charge in [-0.25, -0.2) is 19.9 Å². The van der Waals surface area contributed by atoms with E-state index < -0.39 is 0 Å². The van der Waals surface area contributed by atoms with Crippen molar-refractivity contribution in [3.8, 4) is 0 Å². The van der Waals surface area contributed by atoms with Gasteiger partial charge in [0.2, 0.25) is 11.2 Å². The largest absolute Gasteiger partial charge is 0.354 e. The molecule has 0 radical (unpaired) electrons. The maximum absolute atomic E-state index is 7.96. The first-order valence-corrected chi connectivity index (χ1v) is 7.27. The summed E-state index contributed by atoms with van der Waals surface area (Å²) in [4.78, 5) is 20.2. The normalized spacial score (nSPS) is 8.24. The highest BCUT2D eigenvalue weighted by atomic mass is 35.5. The quantitative estimate of drug-likeness (QED) is 0.260. The molecule has 12 nitrogen and oxygen atoms in total. The van der Waals surface area contributed by atoms with Crippen molar-refractivity contribution >= 4 is 17.5 Å². The third kappa shape index (κ3) is 15.5. The smallest absolute Gasteiger partial charge is 0.222 e. The second-order valence-electron chi connectivity index (χ2n) is 3.71. The number of nitrogens with one attached hydrogen (secondary N) is 1. The van der Waals surface area contributed by atoms with Crippen molar-refractivity contribution in [3.05, 3.63) is 63.1 Å². The van der Waals surface area contributed by atoms with E-state index in [0.717, 1.165) is 0 Å². The summed E-state index contributed by atoms with van der Waals surface area (Å²) in [5, 5.41) is 9.68. The van der Waals surface area contributed by atoms with Gasteiger partial charge < -0.3 is 11.1 Å². The van der Waals surface area contributed by atoms with Crippen molar-refractivity contribution in [2.24, 2.45) is 16.0 Å². The number of halogens is 1. The van der Waals surface area contributed by atoms with Crippen LogP contribution in [0, 0.1) is 0 Å². The molecule has 2 heterocycles. The van der Waals surface area contributed by atoms with Crippen molar-refractivity contribution in [2.45, 2.75) is 0 Å². The molecule has 0 aromatic carbocycles. The molecule has 132 valence electrons. The maximum atomic E-state index is 7.96. The molecule has 25 heavy (non-hydrogen) atoms. The Labute approximate surface area is 148 Å². The fraction of sp³-hybridized carbons (Fsp3) is 0.333. The Hall–Kier alpha value is -3.17. The van der Waals surface area contributed by atoms with Gasteiger partial charge in [-0.3, -0.25) is 0 Å². The molecule has 0 fully saturated rings. The molecule has 0 aliphatic heterocycles. The molecule has 0 spiro atoms. The molecule has 2 aromatic rings. The van der Waals surface area contributed by atoms with Crippen molar-refractivity contribution in [1.29, 1.82) is 0 Å². The molecule has 0 bridgehead atoms. The Morgan fingerprint density at radius 1 is 0.960 bits per heavy atom. The van der Waals surface area contributed by atoms with E-state index in [1.807, 2.05) is 0 Å². The van der Waals surface area contributed by atoms with E-state index in [0.29, 0.717) is 37.4 Å². The summed E-state index contributed by atoms with van der Waals surface area (Å²) in [7, 11) is 0. The number of hydrogen-bond acceptors (Lipinski definition) is 8. The molecular formula is C12H17ClN12. The summed E-state index contributed by atoms with van der Waals surface area (Å²) in [5.74, 6) is 0.547. The van der Waals surface area contributed by atoms with E-state index >= 15 is 0 Å². The first kappa shape index (κ1) is 21.8. The molecule has 0 unspecified atom stereocenters. The Bertz CT molecular complexity index is 640. The zero-order valence-electron chi connectivity index (χ0n) is 13.2. The molecule has 0 saturated heterocycles. The summed E-state index contributed by atoms with van der Waals surface area (Å²) >= 11 is 5.32. The van der Waals surface area contributed by atoms with Gasteiger partial charge in [0.1, 0.15) is 0 Å². The molecular weight excluding hydrogens is 348 g/mol. The SMILES string of the molecule is Clc1ncccn1.[N-]=[N+]=NCCN.[N-]=[N+]=NCCNc1ncccn1. The van der Waals surface area contributed by atoms with Gasteiger partial charge in [0.05, 0.1) is 0 Å². The molecule has 0 aliphatic carbocycles. The molecule has 13 heteroatoms. The van der Waals surface area contributed by atoms with Crippen molar-refractivity contribution in [2.75, 3.05) is 31.5 Å². The van der Waals surface area contributed by atoms with E-state index in [9.17, 15) is 0 Å². The van der Waals surface area contributed by atoms with E-state index in [4.69, 9.17) is 28.4 Å². The van der Waals surface area contributed by atoms with Crippen LogP contribution in [0.2, 0.25) is 5.28 Å². The lowest BCUT2D eigenvalue weighted by Crippen LogP contribution is -2.06. The number of nitrogens with zero attached hydrogens (tertiary/aromatic N) is 10. The van der Waals surface area contributed by atoms with Crippen LogP contribution in [0.3, 0.4) is 0 Å². The Morgan fingerprint density at radius 2 is 1.48 bits per heavy atom. The van der Waals surface area contributed by atoms with Gasteiger partial charge >= 0.3 is 0 Å². The number of rotatable bonds is 6. The Kier molecular flexibility index (Phi) is 15.0. The zero-order chi connectivity index (χ0) is 18.6. The van der Waals surface area contributed by atoms with Crippen molar-refractivity contribution < 1.29 is 0 Å². The number of azide groups is 2. The van der Waals surface area contributed by atoms with Gasteiger partial charge in [0, 0.05) is 54.2 Å². The maximum Gasteiger partial charge on any atom is 0.222 e. The fourth-order valence-electron chi connectivity index (χ4n) is 1.04. The van der Waals surface area contributed by atoms with Crippen LogP contribution in [-0.2, 0) is 0 Å². The van der Waals surface area contributed by atoms with Crippen LogP contribution in [0.15, 0.2) is 47.1 Å². The minimum atomic E-state index is 0.294. The predicted molar refractivity (Wildman–Crippen MR) is 94.6 cm³/mol. The van der Waals surface area contributed by atoms with Crippen LogP contribution in [0.1, 0.15) is 0 Å². The average Bonchev–Trinajstić information content (AvgIpc) is 2.66. The van der Waals surface area contributed by atoms with Crippen molar-refractivity contribution in [1.82, 2.24) is 19.9 Å². The highest BCUT2D eigenvalue weighted by Crippen LogP contribution is 1.92. The zero-order valence-corrected chi connectivity index (χ0v) is 14.0. The van der Waals surface area contributed by atoms with Crippen LogP contribution in [0.25, 0.3) is 20.9 Å². The highest BCUT2D eigenvalue weighted by Gasteiger charge is 1.89. The van der Waals surface area contributed by atoms with Crippen LogP contribution in [0.5, 0.6) is 0 Å². The van der Waals surface area contributed by atoms with Gasteiger partial charge in [0.15, 0.2) is 0 Å². The predicted octanol–water partition coefficient (Wildman–Crippen LogP) is 2.58. The molecule has 2 rings (SSSR count). The Morgan fingerprint density at radius 3 is 1.88 bits per heavy atom. The average molecular weight is 365 g/mol. The minimum absolute atomic E-state index is 0.294. The van der Waals surface area contributed by atoms with E-state index in [2.05, 4.69) is 45.3 Å². The van der Waals surface area contributed by atoms with Crippen LogP contribution in [-0.4, -0.2) is 46.1 Å². The van der Waals surface area contributed by atoms with Crippen LogP contribution >= 0.6 is 11.6 Å². The lowest BCUT2D eigenvalue weighted by Gasteiger charge is -1.99. The first-order chi connectivity index (χ1) is 12.2. The molecule has 0 amide bonds. The number of aromatic nitrogens is 4. The highest BCUT2D eigenvalue weighted by molar-refractivity contribution is 6.28. The van der Waals surface area contributed by atoms with Gasteiger partial charge in [-0.2, -0.15) is 0 Å². The first-order valence-electron chi connectivity index (χ1n) is 6.89. The standard InChI is InChI=1S/C6H8N6.C4H3ClN2.C2H6N4/c7-12-11-5-4-10-6-8-2-1-3-9-6;5-4-6-2-1-3-7-4;3-1-2-5-6-4/h1-3H,4-5H2,(H,8,9,10);1-3H;1-3H2. The summed E-state index contributed by atoms with van der Waals surface area (Å²) in [6, 6.07) is 3.45. The van der Waals surface area contributed by atoms with E-state index in [1.54, 1.807) is 36.9 Å². The van der Waals surface area contributed by atoms with Crippen LogP contribution in [0.4, 0.5) is 5.95 Å². The molecule has 0 aliphatic rings. The van der Waals surface area contributed by atoms with Gasteiger partial charge in [-0.15, -0.1) is 0 Å². The summed E-state index contributed by atoms with van der Waals surface area (Å²) < 4.78 is 0. The summed E-state index contributed by atoms with van der Waals surface area (Å²) in [5.41, 5.74) is 20.5. The lowest BCUT2D eigenvalue weighted by molar-refractivity contribution is 0.964. The topological polar surface area (TPSA) is 187 Å². The van der Waals surface area contributed by atoms with Gasteiger partial charge in [-0.05, 0) is 41.3 Å². The summed E-state index contributed by atoms with van der Waals surface area (Å²) in [6.45, 7) is 1.78. The second-order valence-corrected chi connectivity index (χ2v) is 4.05. The molecule has 3 N–H and O–H groups in total.